The summed E-state index contributed by atoms with van der Waals surface area (Å²) in [6.07, 6.45) is 5.19. The van der Waals surface area contributed by atoms with E-state index < -0.39 is 0 Å². The van der Waals surface area contributed by atoms with Gasteiger partial charge in [-0.2, -0.15) is 0 Å². The quantitative estimate of drug-likeness (QED) is 0.801. The Hall–Kier alpha value is -2.04. The van der Waals surface area contributed by atoms with Gasteiger partial charge in [-0.25, -0.2) is 23.5 Å². The Morgan fingerprint density at radius 3 is 1.92 bits per heavy atom. The fraction of sp³-hybridized carbons (Fsp3) is 0.600. The summed E-state index contributed by atoms with van der Waals surface area (Å²) in [5.41, 5.74) is 1.25. The molecular formula is C20H19N3O2. The predicted molar refractivity (Wildman–Crippen MR) is 89.7 cm³/mol. The third-order valence-corrected chi connectivity index (χ3v) is 9.23. The fourth-order valence-electron chi connectivity index (χ4n) is 9.09. The average molecular weight is 333 g/mol. The molecule has 0 amide bonds. The Morgan fingerprint density at radius 2 is 1.36 bits per heavy atom. The van der Waals surface area contributed by atoms with E-state index in [-0.39, 0.29) is 11.4 Å². The summed E-state index contributed by atoms with van der Waals surface area (Å²) in [7, 11) is 0. The van der Waals surface area contributed by atoms with E-state index in [9.17, 15) is 9.59 Å². The lowest BCUT2D eigenvalue weighted by Gasteiger charge is -2.50. The molecule has 2 spiro atoms. The zero-order valence-corrected chi connectivity index (χ0v) is 13.8. The molecule has 2 aromatic rings. The van der Waals surface area contributed by atoms with Gasteiger partial charge in [0.05, 0.1) is 17.8 Å². The summed E-state index contributed by atoms with van der Waals surface area (Å²) in [4.78, 5) is 26.7. The molecule has 7 aliphatic rings. The molecule has 0 radical (unpaired) electrons. The number of benzene rings is 1. The molecule has 0 N–H and O–H groups in total. The van der Waals surface area contributed by atoms with Gasteiger partial charge in [-0.15, -0.1) is 0 Å². The summed E-state index contributed by atoms with van der Waals surface area (Å²) >= 11 is 0. The van der Waals surface area contributed by atoms with Crippen LogP contribution in [-0.4, -0.2) is 13.9 Å². The van der Waals surface area contributed by atoms with E-state index in [4.69, 9.17) is 0 Å². The van der Waals surface area contributed by atoms with E-state index in [1.807, 2.05) is 39.7 Å². The Labute approximate surface area is 143 Å². The van der Waals surface area contributed by atoms with E-state index >= 15 is 0 Å². The van der Waals surface area contributed by atoms with Crippen molar-refractivity contribution >= 4 is 0 Å². The maximum absolute atomic E-state index is 13.3. The molecule has 5 nitrogen and oxygen atoms in total. The summed E-state index contributed by atoms with van der Waals surface area (Å²) in [6, 6.07) is 10.1. The molecule has 2 unspecified atom stereocenters. The first-order chi connectivity index (χ1) is 12.2. The molecule has 5 aliphatic carbocycles. The first-order valence-corrected chi connectivity index (χ1v) is 9.77. The second kappa shape index (κ2) is 3.19. The summed E-state index contributed by atoms with van der Waals surface area (Å²) < 4.78 is 5.28. The smallest absolute Gasteiger partial charge is 0.245 e. The van der Waals surface area contributed by atoms with Crippen LogP contribution in [0.5, 0.6) is 0 Å². The maximum atomic E-state index is 13.3. The van der Waals surface area contributed by atoms with Gasteiger partial charge in [0.2, 0.25) is 0 Å². The van der Waals surface area contributed by atoms with Gasteiger partial charge in [0.15, 0.2) is 0 Å². The number of aromatic nitrogens is 3. The molecule has 9 rings (SSSR count). The fourth-order valence-corrected chi connectivity index (χ4v) is 9.09. The lowest BCUT2D eigenvalue weighted by molar-refractivity contribution is -0.0241. The monoisotopic (exact) mass is 333 g/mol. The highest BCUT2D eigenvalue weighted by Gasteiger charge is 3.02. The van der Waals surface area contributed by atoms with Gasteiger partial charge in [-0.3, -0.25) is 0 Å². The summed E-state index contributed by atoms with van der Waals surface area (Å²) in [5, 5.41) is 0. The van der Waals surface area contributed by atoms with E-state index in [1.54, 1.807) is 0 Å². The van der Waals surface area contributed by atoms with Crippen molar-refractivity contribution in [2.45, 2.75) is 37.8 Å². The van der Waals surface area contributed by atoms with Crippen LogP contribution in [0.2, 0.25) is 0 Å². The van der Waals surface area contributed by atoms with Crippen LogP contribution in [0, 0.1) is 34.5 Å². The van der Waals surface area contributed by atoms with Gasteiger partial charge in [-0.05, 0) is 48.6 Å². The average Bonchev–Trinajstić information content (AvgIpc) is 3.41. The normalized spacial score (nSPS) is 51.2. The van der Waals surface area contributed by atoms with Crippen LogP contribution in [0.1, 0.15) is 37.8 Å². The van der Waals surface area contributed by atoms with Crippen molar-refractivity contribution in [3.05, 3.63) is 51.3 Å². The van der Waals surface area contributed by atoms with Crippen LogP contribution in [0.4, 0.5) is 0 Å². The van der Waals surface area contributed by atoms with Crippen molar-refractivity contribution in [3.63, 3.8) is 0 Å². The number of para-hydroxylation sites is 1. The van der Waals surface area contributed by atoms with Crippen LogP contribution < -0.4 is 11.4 Å². The maximum Gasteiger partial charge on any atom is 0.352 e. The van der Waals surface area contributed by atoms with Gasteiger partial charge < -0.3 is 0 Å². The van der Waals surface area contributed by atoms with Crippen LogP contribution >= 0.6 is 0 Å². The Balaban J connectivity index is 1.47. The molecule has 2 aliphatic heterocycles. The minimum absolute atomic E-state index is 0.101. The molecule has 0 saturated heterocycles. The van der Waals surface area contributed by atoms with Crippen LogP contribution in [0.15, 0.2) is 39.9 Å². The summed E-state index contributed by atoms with van der Waals surface area (Å²) in [5.74, 6) is 3.03. The molecule has 8 atom stereocenters. The molecule has 2 bridgehead atoms. The minimum Gasteiger partial charge on any atom is -0.245 e. The number of hydrogen-bond acceptors (Lipinski definition) is 2. The highest BCUT2D eigenvalue weighted by molar-refractivity contribution is 5.49. The van der Waals surface area contributed by atoms with E-state index in [2.05, 4.69) is 0 Å². The van der Waals surface area contributed by atoms with Crippen LogP contribution in [-0.2, 0) is 0 Å². The minimum atomic E-state index is -0.101. The Bertz CT molecular complexity index is 1040. The first-order valence-electron chi connectivity index (χ1n) is 9.77. The molecule has 5 heteroatoms. The van der Waals surface area contributed by atoms with Crippen molar-refractivity contribution in [2.75, 3.05) is 0 Å². The second-order valence-corrected chi connectivity index (χ2v) is 9.31. The van der Waals surface area contributed by atoms with E-state index in [0.717, 1.165) is 11.8 Å². The Morgan fingerprint density at radius 1 is 0.800 bits per heavy atom. The van der Waals surface area contributed by atoms with Crippen molar-refractivity contribution in [3.8, 4) is 5.69 Å². The molecule has 5 saturated carbocycles. The van der Waals surface area contributed by atoms with E-state index in [0.29, 0.717) is 40.4 Å². The molecular weight excluding hydrogens is 314 g/mol. The molecule has 25 heavy (non-hydrogen) atoms. The van der Waals surface area contributed by atoms with Crippen molar-refractivity contribution < 1.29 is 0 Å². The molecule has 3 heterocycles. The number of nitrogens with zero attached hydrogens (tertiary/aromatic N) is 3. The molecule has 1 aromatic carbocycles. The zero-order chi connectivity index (χ0) is 16.3. The standard InChI is InChI=1S/C20H19N3O2/c24-17-21(10-6-2-1-3-7-10)18(25)23-16-13-11-12(13)15(22(17)23)19-8-4-5-9-20(16,19)14(11)19/h1-3,6-7,11-16H,4-5,8-9H2/t11?,12-,13+,14?,15+,16-,19+,20-. The van der Waals surface area contributed by atoms with Crippen molar-refractivity contribution in [1.82, 2.24) is 13.9 Å². The van der Waals surface area contributed by atoms with Gasteiger partial charge in [0.25, 0.3) is 0 Å². The molecule has 1 aromatic heterocycles. The molecule has 5 fully saturated rings. The van der Waals surface area contributed by atoms with Gasteiger partial charge in [0, 0.05) is 10.8 Å². The lowest BCUT2D eigenvalue weighted by atomic mass is 9.65. The SMILES string of the molecule is O=c1n(-c2ccccc2)c(=O)n2n1[C@H]1[C@@H]3C4C5[C@@]16CCCC[C@]56[C@H]2[C@@H]43. The highest BCUT2D eigenvalue weighted by atomic mass is 16.2. The largest absolute Gasteiger partial charge is 0.352 e. The Kier molecular flexibility index (Phi) is 1.58. The van der Waals surface area contributed by atoms with E-state index in [1.165, 1.54) is 30.3 Å². The van der Waals surface area contributed by atoms with Gasteiger partial charge in [0.1, 0.15) is 0 Å². The van der Waals surface area contributed by atoms with Crippen LogP contribution in [0.3, 0.4) is 0 Å². The third kappa shape index (κ3) is 0.876. The first kappa shape index (κ1) is 12.3. The number of rotatable bonds is 1. The lowest BCUT2D eigenvalue weighted by Crippen LogP contribution is -2.53. The topological polar surface area (TPSA) is 48.9 Å². The summed E-state index contributed by atoms with van der Waals surface area (Å²) in [6.45, 7) is 0. The zero-order valence-electron chi connectivity index (χ0n) is 13.8. The van der Waals surface area contributed by atoms with Crippen molar-refractivity contribution in [2.24, 2.45) is 34.5 Å². The second-order valence-electron chi connectivity index (χ2n) is 9.31. The van der Waals surface area contributed by atoms with Crippen molar-refractivity contribution in [1.29, 1.82) is 0 Å². The van der Waals surface area contributed by atoms with Gasteiger partial charge >= 0.3 is 11.4 Å². The third-order valence-electron chi connectivity index (χ3n) is 9.23. The predicted octanol–water partition coefficient (Wildman–Crippen LogP) is 1.96. The van der Waals surface area contributed by atoms with Crippen LogP contribution in [0.25, 0.3) is 5.69 Å². The van der Waals surface area contributed by atoms with Gasteiger partial charge in [-0.1, -0.05) is 31.0 Å². The number of hydrogen-bond donors (Lipinski definition) is 0. The highest BCUT2D eigenvalue weighted by Crippen LogP contribution is 3.04. The molecule has 126 valence electrons.